The molecule has 0 saturated heterocycles. The highest BCUT2D eigenvalue weighted by atomic mass is 19.1. The first-order chi connectivity index (χ1) is 13.7. The number of hydrogen-bond acceptors (Lipinski definition) is 4. The Morgan fingerprint density at radius 1 is 1.24 bits per heavy atom. The van der Waals surface area contributed by atoms with Gasteiger partial charge in [0.1, 0.15) is 17.3 Å². The molecule has 3 rings (SSSR count). The number of halogens is 2. The molecule has 0 fully saturated rings. The average molecular weight is 397 g/mol. The highest BCUT2D eigenvalue weighted by Gasteiger charge is 2.34. The number of nitrogens with one attached hydrogen (secondary N) is 1. The van der Waals surface area contributed by atoms with Crippen LogP contribution < -0.4 is 16.0 Å². The van der Waals surface area contributed by atoms with Crippen LogP contribution in [0.1, 0.15) is 32.0 Å². The van der Waals surface area contributed by atoms with E-state index in [0.717, 1.165) is 33.8 Å². The first-order valence-electron chi connectivity index (χ1n) is 8.91. The van der Waals surface area contributed by atoms with E-state index in [2.05, 4.69) is 21.9 Å². The van der Waals surface area contributed by atoms with Crippen molar-refractivity contribution < 1.29 is 13.6 Å². The average Bonchev–Trinajstić information content (AvgIpc) is 2.66. The van der Waals surface area contributed by atoms with Crippen molar-refractivity contribution in [2.24, 2.45) is 0 Å². The van der Waals surface area contributed by atoms with Crippen molar-refractivity contribution in [2.75, 3.05) is 10.6 Å². The zero-order valence-corrected chi connectivity index (χ0v) is 16.4. The maximum absolute atomic E-state index is 14.4. The highest BCUT2D eigenvalue weighted by molar-refractivity contribution is 6.02. The standard InChI is InChI=1S/C21H21F2N5O/c1-5-12(4)13(9-11(2)3)17-14-10-25-21(29)28(19(14)27-20(24)26-17)18-15(22)7-6-8-16(18)23/h5-9H,1,10H2,2-4H3,(H,25,29)(H2,24,26,27)/b13-12+. The van der Waals surface area contributed by atoms with E-state index in [0.29, 0.717) is 11.3 Å². The summed E-state index contributed by atoms with van der Waals surface area (Å²) in [5, 5.41) is 2.63. The lowest BCUT2D eigenvalue weighted by atomic mass is 9.98. The number of nitrogens with two attached hydrogens (primary N) is 1. The van der Waals surface area contributed by atoms with Crippen molar-refractivity contribution in [2.45, 2.75) is 27.3 Å². The number of anilines is 3. The van der Waals surface area contributed by atoms with Crippen LogP contribution in [0.15, 0.2) is 48.1 Å². The highest BCUT2D eigenvalue weighted by Crippen LogP contribution is 2.37. The Kier molecular flexibility index (Phi) is 5.45. The van der Waals surface area contributed by atoms with Gasteiger partial charge in [-0.25, -0.2) is 23.5 Å². The van der Waals surface area contributed by atoms with Gasteiger partial charge in [-0.1, -0.05) is 30.4 Å². The van der Waals surface area contributed by atoms with E-state index >= 15 is 0 Å². The molecular weight excluding hydrogens is 376 g/mol. The number of urea groups is 1. The third-order valence-corrected chi connectivity index (χ3v) is 4.41. The molecule has 0 spiro atoms. The number of para-hydroxylation sites is 1. The fraction of sp³-hybridized carbons (Fsp3) is 0.190. The molecule has 0 saturated carbocycles. The zero-order valence-electron chi connectivity index (χ0n) is 16.4. The third-order valence-electron chi connectivity index (χ3n) is 4.41. The van der Waals surface area contributed by atoms with Crippen LogP contribution in [0, 0.1) is 11.6 Å². The van der Waals surface area contributed by atoms with Gasteiger partial charge in [-0.3, -0.25) is 0 Å². The fourth-order valence-electron chi connectivity index (χ4n) is 3.08. The number of benzene rings is 1. The van der Waals surface area contributed by atoms with Gasteiger partial charge in [0.2, 0.25) is 5.95 Å². The largest absolute Gasteiger partial charge is 0.368 e. The van der Waals surface area contributed by atoms with E-state index < -0.39 is 23.4 Å². The van der Waals surface area contributed by atoms with Crippen LogP contribution in [0.25, 0.3) is 5.57 Å². The molecule has 0 bridgehead atoms. The first kappa shape index (κ1) is 20.2. The second kappa shape index (κ2) is 7.83. The summed E-state index contributed by atoms with van der Waals surface area (Å²) < 4.78 is 28.9. The zero-order chi connectivity index (χ0) is 21.3. The molecule has 1 aliphatic rings. The molecule has 1 aromatic carbocycles. The lowest BCUT2D eigenvalue weighted by molar-refractivity contribution is 0.246. The monoisotopic (exact) mass is 397 g/mol. The Labute approximate surface area is 167 Å². The SMILES string of the molecule is C=C/C(C)=C(\C=C(C)C)c1nc(N)nc2c1CNC(=O)N2c1c(F)cccc1F. The Morgan fingerprint density at radius 3 is 2.48 bits per heavy atom. The quantitative estimate of drug-likeness (QED) is 0.737. The minimum atomic E-state index is -0.894. The summed E-state index contributed by atoms with van der Waals surface area (Å²) in [5.74, 6) is -1.87. The molecule has 1 aliphatic heterocycles. The fourth-order valence-corrected chi connectivity index (χ4v) is 3.08. The Hall–Kier alpha value is -3.55. The molecule has 8 heteroatoms. The number of allylic oxidation sites excluding steroid dienone is 5. The van der Waals surface area contributed by atoms with Gasteiger partial charge in [0.15, 0.2) is 5.82 Å². The number of fused-ring (bicyclic) bond motifs is 1. The topological polar surface area (TPSA) is 84.1 Å². The van der Waals surface area contributed by atoms with Gasteiger partial charge in [0.25, 0.3) is 0 Å². The molecule has 2 amide bonds. The summed E-state index contributed by atoms with van der Waals surface area (Å²) in [6.07, 6.45) is 3.58. The van der Waals surface area contributed by atoms with E-state index in [1.807, 2.05) is 26.8 Å². The van der Waals surface area contributed by atoms with Crippen LogP contribution in [0.5, 0.6) is 0 Å². The summed E-state index contributed by atoms with van der Waals surface area (Å²) in [6.45, 7) is 9.61. The van der Waals surface area contributed by atoms with Crippen molar-refractivity contribution in [1.82, 2.24) is 15.3 Å². The van der Waals surface area contributed by atoms with Crippen LogP contribution in [0.2, 0.25) is 0 Å². The van der Waals surface area contributed by atoms with Crippen LogP contribution in [-0.4, -0.2) is 16.0 Å². The Morgan fingerprint density at radius 2 is 1.90 bits per heavy atom. The van der Waals surface area contributed by atoms with Crippen molar-refractivity contribution in [1.29, 1.82) is 0 Å². The van der Waals surface area contributed by atoms with Gasteiger partial charge < -0.3 is 11.1 Å². The van der Waals surface area contributed by atoms with Gasteiger partial charge in [0.05, 0.1) is 12.2 Å². The van der Waals surface area contributed by atoms with Crippen LogP contribution >= 0.6 is 0 Å². The van der Waals surface area contributed by atoms with Crippen molar-refractivity contribution in [3.63, 3.8) is 0 Å². The smallest absolute Gasteiger partial charge is 0.328 e. The Balaban J connectivity index is 2.34. The predicted molar refractivity (Wildman–Crippen MR) is 109 cm³/mol. The molecule has 6 nitrogen and oxygen atoms in total. The number of carbonyl (C=O) groups excluding carboxylic acids is 1. The maximum atomic E-state index is 14.4. The minimum Gasteiger partial charge on any atom is -0.368 e. The van der Waals surface area contributed by atoms with Crippen LogP contribution in [-0.2, 0) is 6.54 Å². The summed E-state index contributed by atoms with van der Waals surface area (Å²) in [5.41, 5.74) is 8.92. The minimum absolute atomic E-state index is 0.0387. The molecule has 0 aliphatic carbocycles. The molecule has 0 unspecified atom stereocenters. The molecule has 1 aromatic heterocycles. The van der Waals surface area contributed by atoms with E-state index in [1.165, 1.54) is 6.07 Å². The second-order valence-corrected chi connectivity index (χ2v) is 6.82. The van der Waals surface area contributed by atoms with Crippen LogP contribution in [0.3, 0.4) is 0 Å². The third kappa shape index (κ3) is 3.73. The number of aromatic nitrogens is 2. The van der Waals surface area contributed by atoms with Crippen LogP contribution in [0.4, 0.5) is 31.0 Å². The predicted octanol–water partition coefficient (Wildman–Crippen LogP) is 4.62. The summed E-state index contributed by atoms with van der Waals surface area (Å²) in [7, 11) is 0. The van der Waals surface area contributed by atoms with Gasteiger partial charge in [-0.2, -0.15) is 4.98 Å². The number of amides is 2. The van der Waals surface area contributed by atoms with Gasteiger partial charge in [-0.15, -0.1) is 0 Å². The van der Waals surface area contributed by atoms with E-state index in [1.54, 1.807) is 6.08 Å². The first-order valence-corrected chi connectivity index (χ1v) is 8.91. The van der Waals surface area contributed by atoms with E-state index in [-0.39, 0.29) is 18.3 Å². The van der Waals surface area contributed by atoms with Gasteiger partial charge >= 0.3 is 6.03 Å². The molecule has 2 aromatic rings. The van der Waals surface area contributed by atoms with Crippen molar-refractivity contribution in [3.05, 3.63) is 71.0 Å². The van der Waals surface area contributed by atoms with E-state index in [9.17, 15) is 13.6 Å². The van der Waals surface area contributed by atoms with E-state index in [4.69, 9.17) is 5.73 Å². The molecule has 0 radical (unpaired) electrons. The van der Waals surface area contributed by atoms with Crippen molar-refractivity contribution >= 4 is 29.1 Å². The van der Waals surface area contributed by atoms with Gasteiger partial charge in [0, 0.05) is 11.1 Å². The summed E-state index contributed by atoms with van der Waals surface area (Å²) >= 11 is 0. The molecule has 2 heterocycles. The second-order valence-electron chi connectivity index (χ2n) is 6.82. The number of nitrogen functional groups attached to an aromatic ring is 1. The molecular formula is C21H21F2N5O. The number of rotatable bonds is 4. The van der Waals surface area contributed by atoms with Gasteiger partial charge in [-0.05, 0) is 38.5 Å². The summed E-state index contributed by atoms with van der Waals surface area (Å²) in [4.78, 5) is 21.9. The van der Waals surface area contributed by atoms with Crippen molar-refractivity contribution in [3.8, 4) is 0 Å². The Bertz CT molecular complexity index is 1050. The summed E-state index contributed by atoms with van der Waals surface area (Å²) in [6, 6.07) is 2.65. The molecule has 29 heavy (non-hydrogen) atoms. The number of carbonyl (C=O) groups is 1. The lowest BCUT2D eigenvalue weighted by Gasteiger charge is -2.30. The lowest BCUT2D eigenvalue weighted by Crippen LogP contribution is -2.43. The maximum Gasteiger partial charge on any atom is 0.328 e. The number of hydrogen-bond donors (Lipinski definition) is 2. The molecule has 150 valence electrons. The number of nitrogens with zero attached hydrogens (tertiary/aromatic N) is 3. The normalized spacial score (nSPS) is 14.0. The molecule has 0 atom stereocenters. The molecule has 3 N–H and O–H groups in total.